The van der Waals surface area contributed by atoms with Crippen molar-refractivity contribution in [1.29, 1.82) is 0 Å². The average Bonchev–Trinajstić information content (AvgIpc) is 3.29. The Kier molecular flexibility index (Phi) is 42.8. The Morgan fingerprint density at radius 2 is 0.597 bits per heavy atom. The minimum atomic E-state index is -4.92. The van der Waals surface area contributed by atoms with E-state index in [0.717, 1.165) is 116 Å². The van der Waals surface area contributed by atoms with Crippen LogP contribution in [0.4, 0.5) is 0 Å². The summed E-state index contributed by atoms with van der Waals surface area (Å²) < 4.78 is 66.8. The Labute approximate surface area is 403 Å². The van der Waals surface area contributed by atoms with Crippen LogP contribution in [-0.2, 0) is 65.4 Å². The Morgan fingerprint density at radius 1 is 0.358 bits per heavy atom. The summed E-state index contributed by atoms with van der Waals surface area (Å²) in [6.45, 7) is 4.55. The van der Waals surface area contributed by atoms with E-state index in [4.69, 9.17) is 37.0 Å². The minimum absolute atomic E-state index is 0.102. The molecule has 0 bridgehead atoms. The molecule has 0 aromatic heterocycles. The average molecular weight is 1000 g/mol. The molecule has 17 nitrogen and oxygen atoms in total. The maximum Gasteiger partial charge on any atom is 0.472 e. The molecule has 0 aliphatic rings. The van der Waals surface area contributed by atoms with Gasteiger partial charge in [-0.05, 0) is 25.7 Å². The Morgan fingerprint density at radius 3 is 0.881 bits per heavy atom. The van der Waals surface area contributed by atoms with Crippen LogP contribution in [0.5, 0.6) is 0 Å². The van der Waals surface area contributed by atoms with E-state index in [2.05, 4.69) is 27.7 Å². The van der Waals surface area contributed by atoms with Gasteiger partial charge in [-0.1, -0.05) is 175 Å². The quantitative estimate of drug-likeness (QED) is 0.0222. The minimum Gasteiger partial charge on any atom is -0.462 e. The lowest BCUT2D eigenvalue weighted by Crippen LogP contribution is -2.30. The molecule has 0 saturated heterocycles. The van der Waals surface area contributed by atoms with Crippen LogP contribution in [-0.4, -0.2) is 96.7 Å². The van der Waals surface area contributed by atoms with E-state index in [1.807, 2.05) is 0 Å². The number of aliphatic hydroxyl groups is 1. The van der Waals surface area contributed by atoms with E-state index >= 15 is 0 Å². The molecule has 5 atom stereocenters. The molecule has 0 radical (unpaired) electrons. The normalized spacial score (nSPS) is 14.7. The molecule has 2 unspecified atom stereocenters. The lowest BCUT2D eigenvalue weighted by Gasteiger charge is -2.21. The van der Waals surface area contributed by atoms with Crippen LogP contribution >= 0.6 is 15.6 Å². The number of hydrogen-bond donors (Lipinski definition) is 3. The van der Waals surface area contributed by atoms with Crippen LogP contribution in [0.15, 0.2) is 0 Å². The Bertz CT molecular complexity index is 1340. The van der Waals surface area contributed by atoms with Crippen LogP contribution in [0.25, 0.3) is 0 Å². The van der Waals surface area contributed by atoms with Crippen molar-refractivity contribution in [2.75, 3.05) is 39.6 Å². The van der Waals surface area contributed by atoms with Crippen LogP contribution in [0.2, 0.25) is 0 Å². The molecule has 0 heterocycles. The number of aliphatic hydroxyl groups excluding tert-OH is 1. The standard InChI is InChI=1S/C48H92O17P2/c1-5-9-13-17-20-21-23-26-29-33-46(51)59-39-44(64-47(52)34-30-25-19-15-11-7-3)41-63-67(56,57)61-37-42(49)36-60-66(54,55)62-40-43(38-58-45(50)32-28-24-16-12-8-4)65-48(53)35-31-27-22-18-14-10-6-2/h42-44,49H,5-41H2,1-4H3,(H,54,55)(H,56,57)/t42-,43+,44+/m0/s1. The first-order chi connectivity index (χ1) is 32.2. The van der Waals surface area contributed by atoms with Crippen molar-refractivity contribution in [3.8, 4) is 0 Å². The molecule has 0 spiro atoms. The fourth-order valence-electron chi connectivity index (χ4n) is 6.80. The van der Waals surface area contributed by atoms with Gasteiger partial charge in [0.05, 0.1) is 26.4 Å². The van der Waals surface area contributed by atoms with Crippen LogP contribution < -0.4 is 0 Å². The molecule has 0 rings (SSSR count). The van der Waals surface area contributed by atoms with Crippen molar-refractivity contribution in [2.45, 2.75) is 245 Å². The van der Waals surface area contributed by atoms with Crippen LogP contribution in [0, 0.1) is 0 Å². The Hall–Kier alpha value is -1.94. The van der Waals surface area contributed by atoms with E-state index in [-0.39, 0.29) is 25.7 Å². The second kappa shape index (κ2) is 44.0. The number of unbranched alkanes of at least 4 members (excludes halogenated alkanes) is 23. The summed E-state index contributed by atoms with van der Waals surface area (Å²) in [5, 5.41) is 10.4. The molecule has 0 saturated carbocycles. The molecule has 0 aromatic carbocycles. The van der Waals surface area contributed by atoms with Gasteiger partial charge in [0.15, 0.2) is 12.2 Å². The summed E-state index contributed by atoms with van der Waals surface area (Å²) >= 11 is 0. The highest BCUT2D eigenvalue weighted by Crippen LogP contribution is 2.45. The van der Waals surface area contributed by atoms with Gasteiger partial charge in [0.25, 0.3) is 0 Å². The number of phosphoric ester groups is 2. The van der Waals surface area contributed by atoms with Crippen LogP contribution in [0.3, 0.4) is 0 Å². The van der Waals surface area contributed by atoms with Gasteiger partial charge in [0.2, 0.25) is 0 Å². The zero-order chi connectivity index (χ0) is 49.9. The van der Waals surface area contributed by atoms with Gasteiger partial charge >= 0.3 is 39.5 Å². The molecule has 0 fully saturated rings. The smallest absolute Gasteiger partial charge is 0.462 e. The fraction of sp³-hybridized carbons (Fsp3) is 0.917. The molecule has 0 aromatic rings. The SMILES string of the molecule is CCCCCCCCCCCC(=O)OC[C@H](COP(=O)(O)OC[C@@H](O)COP(=O)(O)OC[C@@H](COC(=O)CCCCCCC)OC(=O)CCCCCCCCC)OC(=O)CCCCCCCC. The van der Waals surface area contributed by atoms with Gasteiger partial charge in [-0.15, -0.1) is 0 Å². The zero-order valence-corrected chi connectivity index (χ0v) is 43.6. The molecule has 0 aliphatic carbocycles. The zero-order valence-electron chi connectivity index (χ0n) is 41.8. The molecular weight excluding hydrogens is 910 g/mol. The van der Waals surface area contributed by atoms with Gasteiger partial charge < -0.3 is 33.8 Å². The van der Waals surface area contributed by atoms with Crippen LogP contribution in [0.1, 0.15) is 227 Å². The number of phosphoric acid groups is 2. The van der Waals surface area contributed by atoms with Gasteiger partial charge in [-0.2, -0.15) is 0 Å². The Balaban J connectivity index is 5.13. The third-order valence-corrected chi connectivity index (χ3v) is 12.8. The maximum absolute atomic E-state index is 12.8. The van der Waals surface area contributed by atoms with Crippen molar-refractivity contribution >= 4 is 39.5 Å². The predicted octanol–water partition coefficient (Wildman–Crippen LogP) is 11.7. The first-order valence-electron chi connectivity index (χ1n) is 25.8. The fourth-order valence-corrected chi connectivity index (χ4v) is 8.38. The lowest BCUT2D eigenvalue weighted by atomic mass is 10.1. The van der Waals surface area contributed by atoms with Gasteiger partial charge in [-0.25, -0.2) is 9.13 Å². The van der Waals surface area contributed by atoms with E-state index in [9.17, 15) is 43.2 Å². The summed E-state index contributed by atoms with van der Waals surface area (Å²) in [7, 11) is -9.83. The molecule has 19 heteroatoms. The third kappa shape index (κ3) is 43.8. The summed E-state index contributed by atoms with van der Waals surface area (Å²) in [6.07, 6.45) is 23.3. The van der Waals surface area contributed by atoms with E-state index in [0.29, 0.717) is 25.7 Å². The van der Waals surface area contributed by atoms with Crippen molar-refractivity contribution < 1.29 is 80.2 Å². The summed E-state index contributed by atoms with van der Waals surface area (Å²) in [6, 6.07) is 0. The van der Waals surface area contributed by atoms with Gasteiger partial charge in [0.1, 0.15) is 19.3 Å². The lowest BCUT2D eigenvalue weighted by molar-refractivity contribution is -0.161. The topological polar surface area (TPSA) is 237 Å². The number of rotatable bonds is 49. The number of esters is 4. The monoisotopic (exact) mass is 1000 g/mol. The molecule has 0 aliphatic heterocycles. The second-order valence-electron chi connectivity index (χ2n) is 17.5. The number of carbonyl (C=O) groups excluding carboxylic acids is 4. The maximum atomic E-state index is 12.8. The molecule has 396 valence electrons. The van der Waals surface area contributed by atoms with Gasteiger partial charge in [0, 0.05) is 25.7 Å². The highest BCUT2D eigenvalue weighted by molar-refractivity contribution is 7.47. The van der Waals surface area contributed by atoms with Gasteiger partial charge in [-0.3, -0.25) is 37.3 Å². The summed E-state index contributed by atoms with van der Waals surface area (Å²) in [5.41, 5.74) is 0. The first kappa shape index (κ1) is 65.1. The third-order valence-electron chi connectivity index (χ3n) is 10.9. The highest BCUT2D eigenvalue weighted by Gasteiger charge is 2.30. The number of carbonyl (C=O) groups is 4. The highest BCUT2D eigenvalue weighted by atomic mass is 31.2. The van der Waals surface area contributed by atoms with Crippen molar-refractivity contribution in [2.24, 2.45) is 0 Å². The van der Waals surface area contributed by atoms with Crippen molar-refractivity contribution in [1.82, 2.24) is 0 Å². The number of ether oxygens (including phenoxy) is 4. The van der Waals surface area contributed by atoms with E-state index in [1.54, 1.807) is 0 Å². The molecule has 3 N–H and O–H groups in total. The van der Waals surface area contributed by atoms with E-state index < -0.39 is 97.5 Å². The molecule has 0 amide bonds. The predicted molar refractivity (Wildman–Crippen MR) is 257 cm³/mol. The first-order valence-corrected chi connectivity index (χ1v) is 28.8. The molecule has 67 heavy (non-hydrogen) atoms. The number of hydrogen-bond acceptors (Lipinski definition) is 15. The second-order valence-corrected chi connectivity index (χ2v) is 20.4. The largest absolute Gasteiger partial charge is 0.472 e. The molecular formula is C48H92O17P2. The summed E-state index contributed by atoms with van der Waals surface area (Å²) in [4.78, 5) is 70.8. The van der Waals surface area contributed by atoms with E-state index in [1.165, 1.54) is 32.1 Å². The summed E-state index contributed by atoms with van der Waals surface area (Å²) in [5.74, 6) is -2.18. The van der Waals surface area contributed by atoms with Crippen molar-refractivity contribution in [3.05, 3.63) is 0 Å². The van der Waals surface area contributed by atoms with Crippen molar-refractivity contribution in [3.63, 3.8) is 0 Å².